The molecule has 0 spiro atoms. The normalized spacial score (nSPS) is 41.9. The highest BCUT2D eigenvalue weighted by molar-refractivity contribution is 6.74. The molecule has 0 amide bonds. The van der Waals surface area contributed by atoms with Crippen LogP contribution < -0.4 is 0 Å². The van der Waals surface area contributed by atoms with Gasteiger partial charge in [0.15, 0.2) is 8.32 Å². The van der Waals surface area contributed by atoms with E-state index in [2.05, 4.69) is 53.8 Å². The van der Waals surface area contributed by atoms with Crippen LogP contribution in [0.1, 0.15) is 92.9 Å². The standard InChI is InChI=1S/C28H48O3Si/c1-19(29)30-18-21-10-12-24-23-11-9-20-17-22(31-32(7,8)26(2,3)4)13-15-27(20,5)25(23)14-16-28(21,24)6/h9,21-25H,10-18H2,1-8H3/t21-,22-,23-,24+,25-,27-,28+/m0/s1. The number of rotatable bonds is 4. The van der Waals surface area contributed by atoms with Crippen molar-refractivity contribution in [1.82, 2.24) is 0 Å². The monoisotopic (exact) mass is 460 g/mol. The predicted molar refractivity (Wildman–Crippen MR) is 134 cm³/mol. The van der Waals surface area contributed by atoms with E-state index < -0.39 is 8.32 Å². The lowest BCUT2D eigenvalue weighted by Gasteiger charge is -2.58. The summed E-state index contributed by atoms with van der Waals surface area (Å²) in [5.74, 6) is 2.84. The molecular formula is C28H48O3Si. The molecule has 0 aromatic carbocycles. The van der Waals surface area contributed by atoms with Crippen molar-refractivity contribution in [3.05, 3.63) is 11.6 Å². The van der Waals surface area contributed by atoms with E-state index in [1.165, 1.54) is 44.9 Å². The number of hydrogen-bond acceptors (Lipinski definition) is 3. The lowest BCUT2D eigenvalue weighted by molar-refractivity contribution is -0.144. The van der Waals surface area contributed by atoms with Crippen LogP contribution in [-0.4, -0.2) is 27.0 Å². The molecule has 182 valence electrons. The summed E-state index contributed by atoms with van der Waals surface area (Å²) in [4.78, 5) is 11.4. The number of allylic oxidation sites excluding steroid dienone is 1. The van der Waals surface area contributed by atoms with Crippen molar-refractivity contribution in [1.29, 1.82) is 0 Å². The van der Waals surface area contributed by atoms with Gasteiger partial charge in [0.05, 0.1) is 6.61 Å². The summed E-state index contributed by atoms with van der Waals surface area (Å²) in [5.41, 5.74) is 2.43. The number of ether oxygens (including phenoxy) is 1. The van der Waals surface area contributed by atoms with Crippen molar-refractivity contribution in [3.63, 3.8) is 0 Å². The zero-order chi connectivity index (χ0) is 23.5. The van der Waals surface area contributed by atoms with Gasteiger partial charge in [-0.05, 0) is 104 Å². The van der Waals surface area contributed by atoms with Crippen LogP contribution in [0.2, 0.25) is 18.1 Å². The first-order valence-electron chi connectivity index (χ1n) is 13.3. The average molecular weight is 461 g/mol. The Morgan fingerprint density at radius 3 is 2.47 bits per heavy atom. The van der Waals surface area contributed by atoms with Gasteiger partial charge in [0.1, 0.15) is 0 Å². The van der Waals surface area contributed by atoms with E-state index >= 15 is 0 Å². The van der Waals surface area contributed by atoms with E-state index in [0.29, 0.717) is 29.5 Å². The van der Waals surface area contributed by atoms with E-state index in [0.717, 1.165) is 24.2 Å². The third kappa shape index (κ3) is 4.06. The fraction of sp³-hybridized carbons (Fsp3) is 0.893. The van der Waals surface area contributed by atoms with Gasteiger partial charge in [-0.2, -0.15) is 0 Å². The van der Waals surface area contributed by atoms with E-state index in [4.69, 9.17) is 9.16 Å². The second-order valence-corrected chi connectivity index (χ2v) is 18.4. The van der Waals surface area contributed by atoms with Crippen molar-refractivity contribution >= 4 is 14.3 Å². The highest BCUT2D eigenvalue weighted by atomic mass is 28.4. The van der Waals surface area contributed by atoms with Crippen LogP contribution in [0.25, 0.3) is 0 Å². The number of esters is 1. The van der Waals surface area contributed by atoms with Gasteiger partial charge in [0.25, 0.3) is 0 Å². The zero-order valence-corrected chi connectivity index (χ0v) is 23.1. The van der Waals surface area contributed by atoms with Crippen LogP contribution >= 0.6 is 0 Å². The Morgan fingerprint density at radius 1 is 1.09 bits per heavy atom. The maximum atomic E-state index is 11.4. The van der Waals surface area contributed by atoms with Gasteiger partial charge in [-0.15, -0.1) is 0 Å². The topological polar surface area (TPSA) is 35.5 Å². The Kier molecular flexibility index (Phi) is 6.32. The van der Waals surface area contributed by atoms with Gasteiger partial charge >= 0.3 is 5.97 Å². The van der Waals surface area contributed by atoms with Crippen LogP contribution in [0.3, 0.4) is 0 Å². The van der Waals surface area contributed by atoms with Gasteiger partial charge in [-0.3, -0.25) is 4.79 Å². The Bertz CT molecular complexity index is 765. The van der Waals surface area contributed by atoms with E-state index in [-0.39, 0.29) is 11.0 Å². The molecule has 3 nitrogen and oxygen atoms in total. The van der Waals surface area contributed by atoms with Gasteiger partial charge in [0, 0.05) is 13.0 Å². The summed E-state index contributed by atoms with van der Waals surface area (Å²) in [6, 6.07) is 0. The first-order chi connectivity index (χ1) is 14.8. The molecule has 4 aliphatic rings. The summed E-state index contributed by atoms with van der Waals surface area (Å²) >= 11 is 0. The molecule has 3 saturated carbocycles. The van der Waals surface area contributed by atoms with Crippen LogP contribution in [0, 0.1) is 34.5 Å². The number of carbonyl (C=O) groups excluding carboxylic acids is 1. The second-order valence-electron chi connectivity index (χ2n) is 13.6. The smallest absolute Gasteiger partial charge is 0.302 e. The van der Waals surface area contributed by atoms with Gasteiger partial charge in [-0.25, -0.2) is 0 Å². The van der Waals surface area contributed by atoms with Crippen molar-refractivity contribution in [2.75, 3.05) is 6.61 Å². The maximum absolute atomic E-state index is 11.4. The first kappa shape index (κ1) is 24.5. The number of hydrogen-bond donors (Lipinski definition) is 0. The molecule has 0 heterocycles. The number of carbonyl (C=O) groups is 1. The highest BCUT2D eigenvalue weighted by Gasteiger charge is 2.59. The summed E-state index contributed by atoms with van der Waals surface area (Å²) < 4.78 is 12.4. The molecule has 0 unspecified atom stereocenters. The first-order valence-corrected chi connectivity index (χ1v) is 16.2. The fourth-order valence-corrected chi connectivity index (χ4v) is 9.31. The molecule has 0 saturated heterocycles. The molecule has 0 aromatic heterocycles. The lowest BCUT2D eigenvalue weighted by Crippen LogP contribution is -2.52. The van der Waals surface area contributed by atoms with Gasteiger partial charge in [0.2, 0.25) is 0 Å². The molecular weight excluding hydrogens is 412 g/mol. The van der Waals surface area contributed by atoms with Crippen molar-refractivity contribution in [2.45, 2.75) is 117 Å². The molecule has 0 aromatic rings. The van der Waals surface area contributed by atoms with Crippen LogP contribution in [0.15, 0.2) is 11.6 Å². The average Bonchev–Trinajstić information content (AvgIpc) is 3.02. The molecule has 0 N–H and O–H groups in total. The summed E-state index contributed by atoms with van der Waals surface area (Å²) in [5, 5.41) is 0.277. The van der Waals surface area contributed by atoms with Gasteiger partial charge < -0.3 is 9.16 Å². The quantitative estimate of drug-likeness (QED) is 0.247. The lowest BCUT2D eigenvalue weighted by atomic mass is 9.47. The fourth-order valence-electron chi connectivity index (χ4n) is 7.92. The van der Waals surface area contributed by atoms with E-state index in [1.54, 1.807) is 12.5 Å². The number of fused-ring (bicyclic) bond motifs is 5. The Hall–Kier alpha value is -0.613. The minimum Gasteiger partial charge on any atom is -0.466 e. The molecule has 4 aliphatic carbocycles. The molecule has 32 heavy (non-hydrogen) atoms. The van der Waals surface area contributed by atoms with Crippen LogP contribution in [-0.2, 0) is 14.0 Å². The minimum atomic E-state index is -1.72. The van der Waals surface area contributed by atoms with Crippen LogP contribution in [0.5, 0.6) is 0 Å². The van der Waals surface area contributed by atoms with E-state index in [1.807, 2.05) is 0 Å². The molecule has 0 bridgehead atoms. The molecule has 4 heteroatoms. The SMILES string of the molecule is CC(=O)OC[C@@H]1CC[C@@H]2[C@@H]3CC=C4C[C@@H](O[Si](C)(C)C(C)(C)C)CC[C@]4(C)[C@H]3CC[C@]12C. The Labute approximate surface area is 198 Å². The molecule has 4 rings (SSSR count). The zero-order valence-electron chi connectivity index (χ0n) is 22.1. The highest BCUT2D eigenvalue weighted by Crippen LogP contribution is 2.66. The van der Waals surface area contributed by atoms with Crippen molar-refractivity contribution in [3.8, 4) is 0 Å². The minimum absolute atomic E-state index is 0.125. The predicted octanol–water partition coefficient (Wildman–Crippen LogP) is 7.52. The summed E-state index contributed by atoms with van der Waals surface area (Å²) in [6.07, 6.45) is 13.2. The van der Waals surface area contributed by atoms with Crippen LogP contribution in [0.4, 0.5) is 0 Å². The summed E-state index contributed by atoms with van der Waals surface area (Å²) in [7, 11) is -1.72. The third-order valence-corrected chi connectivity index (χ3v) is 15.5. The van der Waals surface area contributed by atoms with Crippen molar-refractivity contribution in [2.24, 2.45) is 34.5 Å². The Balaban J connectivity index is 1.49. The molecule has 0 aliphatic heterocycles. The van der Waals surface area contributed by atoms with E-state index in [9.17, 15) is 4.79 Å². The largest absolute Gasteiger partial charge is 0.466 e. The van der Waals surface area contributed by atoms with Gasteiger partial charge in [-0.1, -0.05) is 46.3 Å². The Morgan fingerprint density at radius 2 is 1.81 bits per heavy atom. The second kappa shape index (κ2) is 8.25. The molecule has 3 fully saturated rings. The summed E-state index contributed by atoms with van der Waals surface area (Å²) in [6.45, 7) is 19.1. The van der Waals surface area contributed by atoms with Crippen molar-refractivity contribution < 1.29 is 14.0 Å². The molecule has 0 radical (unpaired) electrons. The molecule has 7 atom stereocenters. The maximum Gasteiger partial charge on any atom is 0.302 e. The third-order valence-electron chi connectivity index (χ3n) is 11.0.